The third kappa shape index (κ3) is 3.58. The number of para-hydroxylation sites is 1. The number of hydrogen-bond donors (Lipinski definition) is 0. The van der Waals surface area contributed by atoms with E-state index in [0.717, 1.165) is 38.8 Å². The van der Waals surface area contributed by atoms with Crippen LogP contribution in [0.4, 0.5) is 5.13 Å². The van der Waals surface area contributed by atoms with Crippen molar-refractivity contribution >= 4 is 32.6 Å². The number of anilines is 1. The normalized spacial score (nSPS) is 12.5. The van der Waals surface area contributed by atoms with Crippen molar-refractivity contribution in [3.63, 3.8) is 0 Å². The molecular formula is C19H23N3O2S. The van der Waals surface area contributed by atoms with E-state index in [4.69, 9.17) is 4.52 Å². The first-order chi connectivity index (χ1) is 12.0. The molecule has 0 fully saturated rings. The van der Waals surface area contributed by atoms with E-state index >= 15 is 0 Å². The number of rotatable bonds is 6. The van der Waals surface area contributed by atoms with Crippen LogP contribution in [-0.4, -0.2) is 22.1 Å². The lowest BCUT2D eigenvalue weighted by molar-refractivity contribution is -0.119. The summed E-state index contributed by atoms with van der Waals surface area (Å²) in [6.07, 6.45) is 1.94. The molecule has 2 aromatic heterocycles. The first-order valence-corrected chi connectivity index (χ1v) is 9.42. The van der Waals surface area contributed by atoms with Gasteiger partial charge < -0.3 is 4.52 Å². The number of aryl methyl sites for hydroxylation is 2. The Kier molecular flexibility index (Phi) is 5.18. The molecule has 0 saturated carbocycles. The van der Waals surface area contributed by atoms with Crippen LogP contribution in [0.1, 0.15) is 43.7 Å². The number of aromatic nitrogens is 2. The van der Waals surface area contributed by atoms with Gasteiger partial charge in [0.25, 0.3) is 0 Å². The maximum atomic E-state index is 13.0. The summed E-state index contributed by atoms with van der Waals surface area (Å²) >= 11 is 1.57. The monoisotopic (exact) mass is 357 g/mol. The second-order valence-electron chi connectivity index (χ2n) is 6.29. The van der Waals surface area contributed by atoms with Crippen molar-refractivity contribution < 1.29 is 9.32 Å². The second kappa shape index (κ2) is 7.35. The van der Waals surface area contributed by atoms with Crippen molar-refractivity contribution in [2.24, 2.45) is 0 Å². The Morgan fingerprint density at radius 3 is 2.72 bits per heavy atom. The Labute approximate surface area is 151 Å². The zero-order valence-corrected chi connectivity index (χ0v) is 15.9. The Balaban J connectivity index is 1.83. The molecule has 5 nitrogen and oxygen atoms in total. The number of carbonyl (C=O) groups excluding carboxylic acids is 1. The van der Waals surface area contributed by atoms with Gasteiger partial charge in [-0.3, -0.25) is 9.69 Å². The predicted octanol–water partition coefficient (Wildman–Crippen LogP) is 4.67. The van der Waals surface area contributed by atoms with Gasteiger partial charge in [0.05, 0.1) is 15.9 Å². The van der Waals surface area contributed by atoms with E-state index in [-0.39, 0.29) is 11.9 Å². The highest BCUT2D eigenvalue weighted by Crippen LogP contribution is 2.31. The lowest BCUT2D eigenvalue weighted by Crippen LogP contribution is -2.38. The standard InChI is InChI=1S/C19H23N3O2S/c1-5-12(2)22(19-20-16-8-6-7-9-17(16)25-19)18(23)11-10-15-13(3)21-24-14(15)4/h6-9,12H,5,10-11H2,1-4H3/t12-/m0/s1. The molecular weight excluding hydrogens is 334 g/mol. The molecule has 0 spiro atoms. The Morgan fingerprint density at radius 1 is 1.32 bits per heavy atom. The van der Waals surface area contributed by atoms with Crippen molar-refractivity contribution in [2.45, 2.75) is 53.0 Å². The zero-order valence-electron chi connectivity index (χ0n) is 15.1. The summed E-state index contributed by atoms with van der Waals surface area (Å²) in [5, 5.41) is 4.74. The van der Waals surface area contributed by atoms with E-state index < -0.39 is 0 Å². The van der Waals surface area contributed by atoms with Gasteiger partial charge in [-0.15, -0.1) is 0 Å². The maximum absolute atomic E-state index is 13.0. The lowest BCUT2D eigenvalue weighted by Gasteiger charge is -2.26. The molecule has 25 heavy (non-hydrogen) atoms. The van der Waals surface area contributed by atoms with E-state index in [1.165, 1.54) is 0 Å². The number of carbonyl (C=O) groups is 1. The van der Waals surface area contributed by atoms with Crippen LogP contribution in [-0.2, 0) is 11.2 Å². The van der Waals surface area contributed by atoms with Gasteiger partial charge in [0.1, 0.15) is 5.76 Å². The van der Waals surface area contributed by atoms with Crippen LogP contribution in [0.5, 0.6) is 0 Å². The first kappa shape index (κ1) is 17.6. The molecule has 3 aromatic rings. The van der Waals surface area contributed by atoms with Crippen LogP contribution in [0.2, 0.25) is 0 Å². The largest absolute Gasteiger partial charge is 0.361 e. The second-order valence-corrected chi connectivity index (χ2v) is 7.30. The smallest absolute Gasteiger partial charge is 0.229 e. The van der Waals surface area contributed by atoms with Gasteiger partial charge in [-0.25, -0.2) is 4.98 Å². The van der Waals surface area contributed by atoms with Gasteiger partial charge in [-0.1, -0.05) is 35.5 Å². The van der Waals surface area contributed by atoms with Crippen molar-refractivity contribution in [1.82, 2.24) is 10.1 Å². The molecule has 0 bridgehead atoms. The van der Waals surface area contributed by atoms with Crippen LogP contribution in [0.15, 0.2) is 28.8 Å². The van der Waals surface area contributed by atoms with E-state index in [1.807, 2.05) is 43.0 Å². The molecule has 1 amide bonds. The van der Waals surface area contributed by atoms with Gasteiger partial charge in [0, 0.05) is 18.0 Å². The summed E-state index contributed by atoms with van der Waals surface area (Å²) < 4.78 is 6.30. The fraction of sp³-hybridized carbons (Fsp3) is 0.421. The van der Waals surface area contributed by atoms with Gasteiger partial charge in [0.2, 0.25) is 5.91 Å². The van der Waals surface area contributed by atoms with Gasteiger partial charge in [-0.2, -0.15) is 0 Å². The van der Waals surface area contributed by atoms with E-state index in [0.29, 0.717) is 12.8 Å². The molecule has 2 heterocycles. The summed E-state index contributed by atoms with van der Waals surface area (Å²) in [5.41, 5.74) is 2.83. The molecule has 0 aliphatic heterocycles. The quantitative estimate of drug-likeness (QED) is 0.643. The highest BCUT2D eigenvalue weighted by Gasteiger charge is 2.24. The molecule has 132 valence electrons. The number of nitrogens with zero attached hydrogens (tertiary/aromatic N) is 3. The summed E-state index contributed by atoms with van der Waals surface area (Å²) in [4.78, 5) is 19.5. The summed E-state index contributed by atoms with van der Waals surface area (Å²) in [5.74, 6) is 0.883. The summed E-state index contributed by atoms with van der Waals surface area (Å²) in [7, 11) is 0. The molecule has 0 N–H and O–H groups in total. The van der Waals surface area contributed by atoms with Crippen molar-refractivity contribution in [1.29, 1.82) is 0 Å². The minimum absolute atomic E-state index is 0.0911. The van der Waals surface area contributed by atoms with E-state index in [2.05, 4.69) is 24.0 Å². The number of amides is 1. The first-order valence-electron chi connectivity index (χ1n) is 8.60. The Hall–Kier alpha value is -2.21. The topological polar surface area (TPSA) is 59.2 Å². The Bertz CT molecular complexity index is 831. The molecule has 0 unspecified atom stereocenters. The van der Waals surface area contributed by atoms with Gasteiger partial charge in [-0.05, 0) is 45.7 Å². The van der Waals surface area contributed by atoms with Crippen molar-refractivity contribution in [3.8, 4) is 0 Å². The molecule has 0 aliphatic carbocycles. The third-order valence-electron chi connectivity index (χ3n) is 4.56. The molecule has 1 aromatic carbocycles. The van der Waals surface area contributed by atoms with Gasteiger partial charge in [0.15, 0.2) is 5.13 Å². The SMILES string of the molecule is CC[C@H](C)N(C(=O)CCc1c(C)noc1C)c1nc2ccccc2s1. The fourth-order valence-electron chi connectivity index (χ4n) is 2.90. The molecule has 3 rings (SSSR count). The Morgan fingerprint density at radius 2 is 2.08 bits per heavy atom. The average molecular weight is 357 g/mol. The fourth-order valence-corrected chi connectivity index (χ4v) is 3.98. The summed E-state index contributed by atoms with van der Waals surface area (Å²) in [6, 6.07) is 8.10. The molecule has 6 heteroatoms. The lowest BCUT2D eigenvalue weighted by atomic mass is 10.1. The molecule has 0 radical (unpaired) electrons. The van der Waals surface area contributed by atoms with Crippen LogP contribution in [0.3, 0.4) is 0 Å². The molecule has 0 saturated heterocycles. The number of fused-ring (bicyclic) bond motifs is 1. The highest BCUT2D eigenvalue weighted by molar-refractivity contribution is 7.22. The van der Waals surface area contributed by atoms with Crippen LogP contribution in [0, 0.1) is 13.8 Å². The maximum Gasteiger partial charge on any atom is 0.229 e. The van der Waals surface area contributed by atoms with E-state index in [1.54, 1.807) is 11.3 Å². The molecule has 1 atom stereocenters. The number of hydrogen-bond acceptors (Lipinski definition) is 5. The van der Waals surface area contributed by atoms with Crippen molar-refractivity contribution in [3.05, 3.63) is 41.3 Å². The van der Waals surface area contributed by atoms with Crippen LogP contribution >= 0.6 is 11.3 Å². The number of thiazole rings is 1. The van der Waals surface area contributed by atoms with Crippen LogP contribution < -0.4 is 4.90 Å². The van der Waals surface area contributed by atoms with Gasteiger partial charge >= 0.3 is 0 Å². The zero-order chi connectivity index (χ0) is 18.0. The predicted molar refractivity (Wildman–Crippen MR) is 101 cm³/mol. The minimum Gasteiger partial charge on any atom is -0.361 e. The third-order valence-corrected chi connectivity index (χ3v) is 5.59. The minimum atomic E-state index is 0.0911. The average Bonchev–Trinajstić information content (AvgIpc) is 3.16. The molecule has 0 aliphatic rings. The van der Waals surface area contributed by atoms with E-state index in [9.17, 15) is 4.79 Å². The van der Waals surface area contributed by atoms with Crippen LogP contribution in [0.25, 0.3) is 10.2 Å². The van der Waals surface area contributed by atoms with Crippen molar-refractivity contribution in [2.75, 3.05) is 4.90 Å². The summed E-state index contributed by atoms with van der Waals surface area (Å²) in [6.45, 7) is 7.96. The highest BCUT2D eigenvalue weighted by atomic mass is 32.1. The number of benzene rings is 1.